The van der Waals surface area contributed by atoms with E-state index in [9.17, 15) is 9.59 Å². The minimum Gasteiger partial charge on any atom is -0.325 e. The van der Waals surface area contributed by atoms with Crippen molar-refractivity contribution in [1.82, 2.24) is 24.5 Å². The zero-order valence-corrected chi connectivity index (χ0v) is 18.2. The Bertz CT molecular complexity index is 1100. The standard InChI is InChI=1S/C24H29N5O2/c1-3-27(4-2)24(31)28-16-14-26(15-17-28)18-29-23(30)21-13-9-8-12-20(21)22(25-29)19-10-6-5-7-11-19/h5-13H,3-4,14-18H2,1-2H3. The first kappa shape index (κ1) is 21.1. The molecule has 0 spiro atoms. The van der Waals surface area contributed by atoms with Gasteiger partial charge in [-0.2, -0.15) is 5.10 Å². The molecule has 0 N–H and O–H groups in total. The zero-order chi connectivity index (χ0) is 21.8. The third-order valence-corrected chi connectivity index (χ3v) is 5.93. The molecule has 1 aliphatic rings. The summed E-state index contributed by atoms with van der Waals surface area (Å²) in [6.45, 7) is 8.59. The van der Waals surface area contributed by atoms with Gasteiger partial charge in [0.2, 0.25) is 0 Å². The number of carbonyl (C=O) groups excluding carboxylic acids is 1. The number of fused-ring (bicyclic) bond motifs is 1. The summed E-state index contributed by atoms with van der Waals surface area (Å²) in [4.78, 5) is 31.6. The third kappa shape index (κ3) is 4.32. The molecular formula is C24H29N5O2. The molecule has 2 amide bonds. The largest absolute Gasteiger partial charge is 0.325 e. The molecule has 0 radical (unpaired) electrons. The highest BCUT2D eigenvalue weighted by molar-refractivity contribution is 5.93. The van der Waals surface area contributed by atoms with Gasteiger partial charge in [-0.3, -0.25) is 9.69 Å². The highest BCUT2D eigenvalue weighted by Gasteiger charge is 2.24. The van der Waals surface area contributed by atoms with E-state index >= 15 is 0 Å². The van der Waals surface area contributed by atoms with Crippen LogP contribution in [0.4, 0.5) is 4.79 Å². The first-order valence-corrected chi connectivity index (χ1v) is 10.9. The molecule has 0 aliphatic carbocycles. The summed E-state index contributed by atoms with van der Waals surface area (Å²) in [7, 11) is 0. The Kier molecular flexibility index (Phi) is 6.32. The lowest BCUT2D eigenvalue weighted by atomic mass is 10.1. The van der Waals surface area contributed by atoms with Gasteiger partial charge in [-0.15, -0.1) is 0 Å². The number of nitrogens with zero attached hydrogens (tertiary/aromatic N) is 5. The minimum atomic E-state index is -0.0862. The van der Waals surface area contributed by atoms with Crippen molar-refractivity contribution in [3.63, 3.8) is 0 Å². The summed E-state index contributed by atoms with van der Waals surface area (Å²) in [5.41, 5.74) is 1.71. The van der Waals surface area contributed by atoms with Crippen LogP contribution in [-0.2, 0) is 6.67 Å². The van der Waals surface area contributed by atoms with Gasteiger partial charge in [0.15, 0.2) is 0 Å². The summed E-state index contributed by atoms with van der Waals surface area (Å²) in [5, 5.41) is 6.29. The molecule has 0 atom stereocenters. The predicted molar refractivity (Wildman–Crippen MR) is 123 cm³/mol. The molecule has 2 heterocycles. The topological polar surface area (TPSA) is 61.7 Å². The molecule has 0 unspecified atom stereocenters. The number of urea groups is 1. The van der Waals surface area contributed by atoms with Gasteiger partial charge in [-0.05, 0) is 19.9 Å². The van der Waals surface area contributed by atoms with Gasteiger partial charge in [0.05, 0.1) is 17.7 Å². The van der Waals surface area contributed by atoms with Crippen molar-refractivity contribution in [2.45, 2.75) is 20.5 Å². The van der Waals surface area contributed by atoms with E-state index in [1.807, 2.05) is 78.2 Å². The SMILES string of the molecule is CCN(CC)C(=O)N1CCN(Cn2nc(-c3ccccc3)c3ccccc3c2=O)CC1. The number of rotatable bonds is 5. The summed E-state index contributed by atoms with van der Waals surface area (Å²) < 4.78 is 1.56. The Morgan fingerprint density at radius 1 is 0.903 bits per heavy atom. The number of piperazine rings is 1. The second-order valence-corrected chi connectivity index (χ2v) is 7.77. The van der Waals surface area contributed by atoms with Gasteiger partial charge in [0.1, 0.15) is 0 Å². The molecule has 1 fully saturated rings. The molecule has 4 rings (SSSR count). The van der Waals surface area contributed by atoms with Gasteiger partial charge < -0.3 is 9.80 Å². The molecule has 3 aromatic rings. The summed E-state index contributed by atoms with van der Waals surface area (Å²) >= 11 is 0. The minimum absolute atomic E-state index is 0.0862. The van der Waals surface area contributed by atoms with Crippen molar-refractivity contribution in [1.29, 1.82) is 0 Å². The number of hydrogen-bond acceptors (Lipinski definition) is 4. The second kappa shape index (κ2) is 9.31. The number of aromatic nitrogens is 2. The maximum atomic E-state index is 13.1. The lowest BCUT2D eigenvalue weighted by Gasteiger charge is -2.37. The summed E-state index contributed by atoms with van der Waals surface area (Å²) in [6.07, 6.45) is 0. The van der Waals surface area contributed by atoms with Gasteiger partial charge in [0, 0.05) is 50.2 Å². The quantitative estimate of drug-likeness (QED) is 0.638. The van der Waals surface area contributed by atoms with Crippen molar-refractivity contribution in [3.05, 3.63) is 65.0 Å². The number of amides is 2. The Labute approximate surface area is 182 Å². The fourth-order valence-corrected chi connectivity index (χ4v) is 4.10. The van der Waals surface area contributed by atoms with E-state index in [0.29, 0.717) is 51.3 Å². The van der Waals surface area contributed by atoms with Crippen molar-refractivity contribution < 1.29 is 4.79 Å². The maximum Gasteiger partial charge on any atom is 0.320 e. The molecule has 1 aromatic heterocycles. The molecule has 0 saturated carbocycles. The highest BCUT2D eigenvalue weighted by atomic mass is 16.2. The van der Waals surface area contributed by atoms with Crippen LogP contribution in [0.5, 0.6) is 0 Å². The van der Waals surface area contributed by atoms with E-state index in [2.05, 4.69) is 4.90 Å². The average molecular weight is 420 g/mol. The number of benzene rings is 2. The third-order valence-electron chi connectivity index (χ3n) is 5.93. The lowest BCUT2D eigenvalue weighted by Crippen LogP contribution is -2.53. The highest BCUT2D eigenvalue weighted by Crippen LogP contribution is 2.24. The number of carbonyl (C=O) groups is 1. The zero-order valence-electron chi connectivity index (χ0n) is 18.2. The molecule has 1 saturated heterocycles. The van der Waals surface area contributed by atoms with E-state index in [1.165, 1.54) is 0 Å². The van der Waals surface area contributed by atoms with Gasteiger partial charge in [-0.25, -0.2) is 9.48 Å². The Hall–Kier alpha value is -3.19. The molecule has 7 nitrogen and oxygen atoms in total. The molecule has 2 aromatic carbocycles. The summed E-state index contributed by atoms with van der Waals surface area (Å²) in [6, 6.07) is 17.7. The van der Waals surface area contributed by atoms with E-state index in [0.717, 1.165) is 16.6 Å². The van der Waals surface area contributed by atoms with Crippen LogP contribution in [0.3, 0.4) is 0 Å². The lowest BCUT2D eigenvalue weighted by molar-refractivity contribution is 0.0964. The van der Waals surface area contributed by atoms with E-state index in [1.54, 1.807) is 4.68 Å². The summed E-state index contributed by atoms with van der Waals surface area (Å²) in [5.74, 6) is 0. The van der Waals surface area contributed by atoms with Crippen LogP contribution >= 0.6 is 0 Å². The van der Waals surface area contributed by atoms with Gasteiger partial charge >= 0.3 is 6.03 Å². The van der Waals surface area contributed by atoms with Crippen LogP contribution in [0, 0.1) is 0 Å². The average Bonchev–Trinajstić information content (AvgIpc) is 2.82. The fraction of sp³-hybridized carbons (Fsp3) is 0.375. The second-order valence-electron chi connectivity index (χ2n) is 7.77. The Balaban J connectivity index is 1.57. The van der Waals surface area contributed by atoms with Crippen LogP contribution < -0.4 is 5.56 Å². The van der Waals surface area contributed by atoms with E-state index < -0.39 is 0 Å². The van der Waals surface area contributed by atoms with Crippen LogP contribution in [0.2, 0.25) is 0 Å². The van der Waals surface area contributed by atoms with Crippen LogP contribution in [0.15, 0.2) is 59.4 Å². The van der Waals surface area contributed by atoms with Gasteiger partial charge in [0.25, 0.3) is 5.56 Å². The van der Waals surface area contributed by atoms with Gasteiger partial charge in [-0.1, -0.05) is 48.5 Å². The van der Waals surface area contributed by atoms with Crippen molar-refractivity contribution in [2.75, 3.05) is 39.3 Å². The van der Waals surface area contributed by atoms with Crippen LogP contribution in [-0.4, -0.2) is 69.8 Å². The normalized spacial score (nSPS) is 14.7. The molecule has 31 heavy (non-hydrogen) atoms. The molecule has 1 aliphatic heterocycles. The molecule has 162 valence electrons. The predicted octanol–water partition coefficient (Wildman–Crippen LogP) is 3.10. The van der Waals surface area contributed by atoms with Crippen LogP contribution in [0.25, 0.3) is 22.0 Å². The maximum absolute atomic E-state index is 13.1. The van der Waals surface area contributed by atoms with E-state index in [4.69, 9.17) is 5.10 Å². The van der Waals surface area contributed by atoms with Crippen molar-refractivity contribution in [3.8, 4) is 11.3 Å². The first-order chi connectivity index (χ1) is 15.1. The van der Waals surface area contributed by atoms with Crippen molar-refractivity contribution >= 4 is 16.8 Å². The Morgan fingerprint density at radius 2 is 1.52 bits per heavy atom. The smallest absolute Gasteiger partial charge is 0.320 e. The first-order valence-electron chi connectivity index (χ1n) is 10.9. The fourth-order valence-electron chi connectivity index (χ4n) is 4.10. The van der Waals surface area contributed by atoms with Crippen LogP contribution in [0.1, 0.15) is 13.8 Å². The molecular weight excluding hydrogens is 390 g/mol. The van der Waals surface area contributed by atoms with E-state index in [-0.39, 0.29) is 11.6 Å². The molecule has 0 bridgehead atoms. The molecule has 7 heteroatoms. The monoisotopic (exact) mass is 419 g/mol. The number of hydrogen-bond donors (Lipinski definition) is 0. The van der Waals surface area contributed by atoms with Crippen molar-refractivity contribution in [2.24, 2.45) is 0 Å². The Morgan fingerprint density at radius 3 is 2.16 bits per heavy atom.